The van der Waals surface area contributed by atoms with Gasteiger partial charge in [0.15, 0.2) is 11.5 Å². The number of benzene rings is 1. The van der Waals surface area contributed by atoms with Crippen molar-refractivity contribution in [3.63, 3.8) is 0 Å². The van der Waals surface area contributed by atoms with Gasteiger partial charge >= 0.3 is 11.8 Å². The van der Waals surface area contributed by atoms with Gasteiger partial charge in [0.2, 0.25) is 6.79 Å². The molecule has 0 atom stereocenters. The molecule has 0 bridgehead atoms. The summed E-state index contributed by atoms with van der Waals surface area (Å²) in [5.74, 6) is -0.424. The molecule has 1 aromatic heterocycles. The first kappa shape index (κ1) is 12.9. The summed E-state index contributed by atoms with van der Waals surface area (Å²) < 4.78 is 10.4. The molecule has 0 unspecified atom stereocenters. The number of ether oxygens (including phenoxy) is 2. The van der Waals surface area contributed by atoms with E-state index in [-0.39, 0.29) is 6.79 Å². The Morgan fingerprint density at radius 3 is 2.52 bits per heavy atom. The Kier molecular flexibility index (Phi) is 3.38. The Labute approximate surface area is 119 Å². The van der Waals surface area contributed by atoms with Crippen molar-refractivity contribution in [2.45, 2.75) is 0 Å². The van der Waals surface area contributed by atoms with Crippen molar-refractivity contribution in [3.05, 3.63) is 42.7 Å². The molecule has 0 saturated carbocycles. The lowest BCUT2D eigenvalue weighted by Gasteiger charge is -2.06. The van der Waals surface area contributed by atoms with Gasteiger partial charge in [0, 0.05) is 18.0 Å². The van der Waals surface area contributed by atoms with E-state index in [0.717, 1.165) is 0 Å². The fourth-order valence-electron chi connectivity index (χ4n) is 1.79. The minimum Gasteiger partial charge on any atom is -0.454 e. The van der Waals surface area contributed by atoms with Gasteiger partial charge in [-0.25, -0.2) is 0 Å². The van der Waals surface area contributed by atoms with Crippen molar-refractivity contribution >= 4 is 23.2 Å². The summed E-state index contributed by atoms with van der Waals surface area (Å²) in [4.78, 5) is 27.4. The Bertz CT molecular complexity index is 688. The molecular weight excluding hydrogens is 274 g/mol. The number of rotatable bonds is 2. The van der Waals surface area contributed by atoms with Crippen LogP contribution < -0.4 is 20.1 Å². The topological polar surface area (TPSA) is 89.6 Å². The average molecular weight is 285 g/mol. The van der Waals surface area contributed by atoms with Crippen LogP contribution in [-0.4, -0.2) is 23.6 Å². The van der Waals surface area contributed by atoms with Gasteiger partial charge in [-0.3, -0.25) is 14.6 Å². The zero-order valence-corrected chi connectivity index (χ0v) is 10.8. The van der Waals surface area contributed by atoms with Gasteiger partial charge in [-0.05, 0) is 24.3 Å². The standard InChI is InChI=1S/C14H11N3O4/c18-13(14(19)17-10-2-1-5-15-7-10)16-9-3-4-11-12(6-9)21-8-20-11/h1-7H,8H2,(H,16,18)(H,17,19). The monoisotopic (exact) mass is 285 g/mol. The van der Waals surface area contributed by atoms with E-state index >= 15 is 0 Å². The summed E-state index contributed by atoms with van der Waals surface area (Å²) in [5, 5.41) is 4.93. The van der Waals surface area contributed by atoms with Crippen molar-refractivity contribution in [2.75, 3.05) is 17.4 Å². The minimum absolute atomic E-state index is 0.147. The summed E-state index contributed by atoms with van der Waals surface area (Å²) in [6, 6.07) is 8.18. The lowest BCUT2D eigenvalue weighted by atomic mass is 10.2. The quantitative estimate of drug-likeness (QED) is 0.814. The number of carbonyl (C=O) groups excluding carboxylic acids is 2. The van der Waals surface area contributed by atoms with Crippen molar-refractivity contribution in [2.24, 2.45) is 0 Å². The Morgan fingerprint density at radius 2 is 1.76 bits per heavy atom. The predicted octanol–water partition coefficient (Wildman–Crippen LogP) is 1.39. The van der Waals surface area contributed by atoms with Gasteiger partial charge in [0.05, 0.1) is 11.9 Å². The van der Waals surface area contributed by atoms with Crippen LogP contribution in [0.2, 0.25) is 0 Å². The van der Waals surface area contributed by atoms with Crippen LogP contribution in [0.4, 0.5) is 11.4 Å². The first-order valence-electron chi connectivity index (χ1n) is 6.14. The maximum absolute atomic E-state index is 11.8. The van der Waals surface area contributed by atoms with Crippen LogP contribution >= 0.6 is 0 Å². The summed E-state index contributed by atoms with van der Waals surface area (Å²) in [5.41, 5.74) is 0.897. The van der Waals surface area contributed by atoms with Gasteiger partial charge < -0.3 is 20.1 Å². The summed E-state index contributed by atoms with van der Waals surface area (Å²) in [6.07, 6.45) is 3.02. The number of aromatic nitrogens is 1. The maximum Gasteiger partial charge on any atom is 0.314 e. The number of fused-ring (bicyclic) bond motifs is 1. The second kappa shape index (κ2) is 5.49. The molecule has 2 amide bonds. The molecule has 1 aromatic carbocycles. The molecule has 0 radical (unpaired) electrons. The summed E-state index contributed by atoms with van der Waals surface area (Å²) in [6.45, 7) is 0.147. The van der Waals surface area contributed by atoms with E-state index in [1.807, 2.05) is 0 Å². The Balaban J connectivity index is 1.64. The summed E-state index contributed by atoms with van der Waals surface area (Å²) in [7, 11) is 0. The van der Waals surface area contributed by atoms with Gasteiger partial charge in [-0.2, -0.15) is 0 Å². The van der Waals surface area contributed by atoms with Crippen molar-refractivity contribution in [3.8, 4) is 11.5 Å². The van der Waals surface area contributed by atoms with E-state index in [9.17, 15) is 9.59 Å². The normalized spacial score (nSPS) is 11.8. The molecule has 0 saturated heterocycles. The fourth-order valence-corrected chi connectivity index (χ4v) is 1.79. The lowest BCUT2D eigenvalue weighted by molar-refractivity contribution is -0.133. The number of carbonyl (C=O) groups is 2. The molecule has 7 nitrogen and oxygen atoms in total. The molecule has 3 rings (SSSR count). The predicted molar refractivity (Wildman–Crippen MR) is 74.1 cm³/mol. The van der Waals surface area contributed by atoms with Gasteiger partial charge in [0.1, 0.15) is 0 Å². The number of nitrogens with zero attached hydrogens (tertiary/aromatic N) is 1. The third-order valence-corrected chi connectivity index (χ3v) is 2.76. The number of nitrogens with one attached hydrogen (secondary N) is 2. The molecule has 0 fully saturated rings. The van der Waals surface area contributed by atoms with Gasteiger partial charge in [-0.15, -0.1) is 0 Å². The first-order valence-corrected chi connectivity index (χ1v) is 6.14. The Morgan fingerprint density at radius 1 is 1.00 bits per heavy atom. The van der Waals surface area contributed by atoms with Crippen LogP contribution in [0.25, 0.3) is 0 Å². The average Bonchev–Trinajstić information content (AvgIpc) is 2.95. The van der Waals surface area contributed by atoms with Crippen LogP contribution in [-0.2, 0) is 9.59 Å². The van der Waals surface area contributed by atoms with E-state index < -0.39 is 11.8 Å². The molecule has 2 N–H and O–H groups in total. The highest BCUT2D eigenvalue weighted by atomic mass is 16.7. The first-order chi connectivity index (χ1) is 10.2. The van der Waals surface area contributed by atoms with Crippen LogP contribution in [0, 0.1) is 0 Å². The minimum atomic E-state index is -0.780. The SMILES string of the molecule is O=C(Nc1cccnc1)C(=O)Nc1ccc2c(c1)OCO2. The van der Waals surface area contributed by atoms with Crippen LogP contribution in [0.1, 0.15) is 0 Å². The highest BCUT2D eigenvalue weighted by molar-refractivity contribution is 6.43. The summed E-state index contributed by atoms with van der Waals surface area (Å²) >= 11 is 0. The molecule has 0 spiro atoms. The van der Waals surface area contributed by atoms with Crippen LogP contribution in [0.5, 0.6) is 11.5 Å². The van der Waals surface area contributed by atoms with Gasteiger partial charge in [-0.1, -0.05) is 0 Å². The van der Waals surface area contributed by atoms with E-state index in [1.165, 1.54) is 6.20 Å². The molecule has 7 heteroatoms. The second-order valence-corrected chi connectivity index (χ2v) is 4.22. The Hall–Kier alpha value is -3.09. The molecule has 106 valence electrons. The lowest BCUT2D eigenvalue weighted by Crippen LogP contribution is -2.29. The molecule has 2 aromatic rings. The molecule has 2 heterocycles. The van der Waals surface area contributed by atoms with Crippen LogP contribution in [0.15, 0.2) is 42.7 Å². The molecular formula is C14H11N3O4. The zero-order valence-electron chi connectivity index (χ0n) is 10.8. The van der Waals surface area contributed by atoms with E-state index in [1.54, 1.807) is 36.5 Å². The molecule has 1 aliphatic rings. The molecule has 1 aliphatic heterocycles. The number of hydrogen-bond acceptors (Lipinski definition) is 5. The third-order valence-electron chi connectivity index (χ3n) is 2.76. The van der Waals surface area contributed by atoms with E-state index in [2.05, 4.69) is 15.6 Å². The van der Waals surface area contributed by atoms with Crippen molar-refractivity contribution < 1.29 is 19.1 Å². The highest BCUT2D eigenvalue weighted by Crippen LogP contribution is 2.34. The van der Waals surface area contributed by atoms with Crippen LogP contribution in [0.3, 0.4) is 0 Å². The van der Waals surface area contributed by atoms with Crippen molar-refractivity contribution in [1.29, 1.82) is 0 Å². The number of amides is 2. The number of pyridine rings is 1. The highest BCUT2D eigenvalue weighted by Gasteiger charge is 2.17. The fraction of sp³-hybridized carbons (Fsp3) is 0.0714. The largest absolute Gasteiger partial charge is 0.454 e. The zero-order chi connectivity index (χ0) is 14.7. The van der Waals surface area contributed by atoms with Crippen molar-refractivity contribution in [1.82, 2.24) is 4.98 Å². The maximum atomic E-state index is 11.8. The third kappa shape index (κ3) is 2.92. The second-order valence-electron chi connectivity index (χ2n) is 4.22. The number of hydrogen-bond donors (Lipinski definition) is 2. The van der Waals surface area contributed by atoms with Gasteiger partial charge in [0.25, 0.3) is 0 Å². The number of anilines is 2. The molecule has 21 heavy (non-hydrogen) atoms. The smallest absolute Gasteiger partial charge is 0.314 e. The molecule has 0 aliphatic carbocycles. The van der Waals surface area contributed by atoms with E-state index in [0.29, 0.717) is 22.9 Å². The van der Waals surface area contributed by atoms with E-state index in [4.69, 9.17) is 9.47 Å².